The number of rotatable bonds is 5. The molecule has 2 heteroatoms. The Morgan fingerprint density at radius 3 is 2.73 bits per heavy atom. The van der Waals surface area contributed by atoms with Crippen molar-refractivity contribution in [3.63, 3.8) is 0 Å². The topological polar surface area (TPSA) is 20.2 Å². The second-order valence-electron chi connectivity index (χ2n) is 3.13. The summed E-state index contributed by atoms with van der Waals surface area (Å²) in [6.07, 6.45) is 6.11. The number of aliphatic hydroxyl groups is 1. The molecule has 15 heavy (non-hydrogen) atoms. The van der Waals surface area contributed by atoms with Gasteiger partial charge >= 0.3 is 97.5 Å². The molecule has 0 aliphatic rings. The molecule has 0 aromatic heterocycles. The van der Waals surface area contributed by atoms with Gasteiger partial charge < -0.3 is 0 Å². The number of hydrogen-bond acceptors (Lipinski definition) is 1. The maximum atomic E-state index is 9.42. The molecular formula is C13H16OSe. The third kappa shape index (κ3) is 5.58. The van der Waals surface area contributed by atoms with Gasteiger partial charge in [0.15, 0.2) is 0 Å². The van der Waals surface area contributed by atoms with E-state index in [2.05, 4.69) is 35.3 Å². The zero-order chi connectivity index (χ0) is 10.9. The summed E-state index contributed by atoms with van der Waals surface area (Å²) in [6, 6.07) is 10.4. The number of allylic oxidation sites excluding steroid dienone is 1. The molecule has 0 saturated heterocycles. The summed E-state index contributed by atoms with van der Waals surface area (Å²) in [5, 5.41) is 9.42. The van der Waals surface area contributed by atoms with E-state index >= 15 is 0 Å². The van der Waals surface area contributed by atoms with Crippen molar-refractivity contribution in [1.29, 1.82) is 0 Å². The molecule has 0 aliphatic carbocycles. The molecule has 0 heterocycles. The summed E-state index contributed by atoms with van der Waals surface area (Å²) in [6.45, 7) is 1.92. The van der Waals surface area contributed by atoms with Crippen LogP contribution in [0.5, 0.6) is 0 Å². The van der Waals surface area contributed by atoms with Crippen molar-refractivity contribution in [2.24, 2.45) is 0 Å². The Bertz CT molecular complexity index is 317. The number of hydrogen-bond donors (Lipinski definition) is 1. The molecule has 1 atom stereocenters. The van der Waals surface area contributed by atoms with Crippen LogP contribution in [0, 0.1) is 0 Å². The fraction of sp³-hybridized carbons (Fsp3) is 0.231. The molecule has 0 amide bonds. The van der Waals surface area contributed by atoms with Crippen molar-refractivity contribution in [1.82, 2.24) is 0 Å². The van der Waals surface area contributed by atoms with Crippen LogP contribution in [0.3, 0.4) is 0 Å². The zero-order valence-electron chi connectivity index (χ0n) is 8.84. The average Bonchev–Trinajstić information content (AvgIpc) is 2.26. The second-order valence-corrected chi connectivity index (χ2v) is 5.19. The predicted octanol–water partition coefficient (Wildman–Crippen LogP) is 1.86. The molecule has 0 saturated carbocycles. The normalized spacial score (nSPS) is 13.7. The van der Waals surface area contributed by atoms with Gasteiger partial charge in [0.1, 0.15) is 0 Å². The maximum absolute atomic E-state index is 9.42. The summed E-state index contributed by atoms with van der Waals surface area (Å²) in [5.41, 5.74) is 0. The van der Waals surface area contributed by atoms with E-state index in [0.29, 0.717) is 21.4 Å². The van der Waals surface area contributed by atoms with Gasteiger partial charge in [-0.3, -0.25) is 0 Å². The van der Waals surface area contributed by atoms with Gasteiger partial charge in [-0.15, -0.1) is 0 Å². The van der Waals surface area contributed by atoms with Gasteiger partial charge in [-0.1, -0.05) is 0 Å². The molecule has 1 aromatic rings. The van der Waals surface area contributed by atoms with E-state index in [1.54, 1.807) is 6.08 Å². The minimum absolute atomic E-state index is 0.335. The minimum atomic E-state index is -0.335. The van der Waals surface area contributed by atoms with Gasteiger partial charge in [0.05, 0.1) is 0 Å². The second kappa shape index (κ2) is 7.47. The summed E-state index contributed by atoms with van der Waals surface area (Å²) in [4.78, 5) is 2.16. The standard InChI is InChI=1S/C13H16OSe/c1-2-7-12(14)8-6-11-15-13-9-4-3-5-10-13/h2-7,9-12,14H,8H2,1H3/b7-2+,11-6+. The van der Waals surface area contributed by atoms with Crippen LogP contribution in [-0.4, -0.2) is 26.2 Å². The van der Waals surface area contributed by atoms with Gasteiger partial charge in [0.25, 0.3) is 0 Å². The molecule has 0 bridgehead atoms. The van der Waals surface area contributed by atoms with Crippen molar-refractivity contribution < 1.29 is 5.11 Å². The van der Waals surface area contributed by atoms with Crippen molar-refractivity contribution in [2.75, 3.05) is 0 Å². The van der Waals surface area contributed by atoms with Crippen molar-refractivity contribution >= 4 is 19.4 Å². The molecule has 0 spiro atoms. The Labute approximate surface area is 97.7 Å². The van der Waals surface area contributed by atoms with Crippen LogP contribution in [-0.2, 0) is 0 Å². The molecule has 0 radical (unpaired) electrons. The first-order valence-corrected chi connectivity index (χ1v) is 6.85. The number of aliphatic hydroxyl groups excluding tert-OH is 1. The molecule has 1 rings (SSSR count). The molecule has 0 aliphatic heterocycles. The first-order valence-electron chi connectivity index (χ1n) is 5.00. The van der Waals surface area contributed by atoms with Gasteiger partial charge in [-0.05, 0) is 0 Å². The zero-order valence-corrected chi connectivity index (χ0v) is 10.5. The van der Waals surface area contributed by atoms with Crippen molar-refractivity contribution in [3.05, 3.63) is 53.5 Å². The monoisotopic (exact) mass is 268 g/mol. The van der Waals surface area contributed by atoms with Crippen LogP contribution in [0.4, 0.5) is 0 Å². The summed E-state index contributed by atoms with van der Waals surface area (Å²) < 4.78 is 1.36. The van der Waals surface area contributed by atoms with E-state index < -0.39 is 0 Å². The van der Waals surface area contributed by atoms with E-state index in [-0.39, 0.29) is 6.10 Å². The van der Waals surface area contributed by atoms with Gasteiger partial charge in [0.2, 0.25) is 0 Å². The van der Waals surface area contributed by atoms with Crippen LogP contribution in [0.25, 0.3) is 0 Å². The molecule has 1 N–H and O–H groups in total. The van der Waals surface area contributed by atoms with Crippen molar-refractivity contribution in [3.8, 4) is 0 Å². The van der Waals surface area contributed by atoms with Gasteiger partial charge in [-0.2, -0.15) is 0 Å². The summed E-state index contributed by atoms with van der Waals surface area (Å²) in [7, 11) is 0. The average molecular weight is 267 g/mol. The van der Waals surface area contributed by atoms with E-state index in [0.717, 1.165) is 0 Å². The Morgan fingerprint density at radius 2 is 2.07 bits per heavy atom. The Balaban J connectivity index is 2.28. The summed E-state index contributed by atoms with van der Waals surface area (Å²) >= 11 is 0.386. The quantitative estimate of drug-likeness (QED) is 0.637. The van der Waals surface area contributed by atoms with E-state index in [1.807, 2.05) is 19.1 Å². The SMILES string of the molecule is C/C=C/C(O)C/C=C/[Se]c1ccccc1. The van der Waals surface area contributed by atoms with Crippen LogP contribution in [0.1, 0.15) is 13.3 Å². The molecule has 0 fully saturated rings. The molecule has 1 unspecified atom stereocenters. The van der Waals surface area contributed by atoms with Crippen LogP contribution < -0.4 is 4.46 Å². The van der Waals surface area contributed by atoms with E-state index in [1.165, 1.54) is 4.46 Å². The van der Waals surface area contributed by atoms with Gasteiger partial charge in [-0.25, -0.2) is 0 Å². The van der Waals surface area contributed by atoms with Crippen molar-refractivity contribution in [2.45, 2.75) is 19.4 Å². The molecular weight excluding hydrogens is 251 g/mol. The first kappa shape index (κ1) is 12.3. The van der Waals surface area contributed by atoms with Crippen LogP contribution >= 0.6 is 0 Å². The van der Waals surface area contributed by atoms with Gasteiger partial charge in [0, 0.05) is 0 Å². The third-order valence-electron chi connectivity index (χ3n) is 1.84. The Morgan fingerprint density at radius 1 is 1.33 bits per heavy atom. The summed E-state index contributed by atoms with van der Waals surface area (Å²) in [5.74, 6) is 0. The van der Waals surface area contributed by atoms with E-state index in [4.69, 9.17) is 0 Å². The van der Waals surface area contributed by atoms with E-state index in [9.17, 15) is 5.11 Å². The fourth-order valence-corrected chi connectivity index (χ4v) is 2.55. The predicted molar refractivity (Wildman–Crippen MR) is 66.4 cm³/mol. The molecule has 1 aromatic carbocycles. The number of benzene rings is 1. The Hall–Kier alpha value is -0.821. The third-order valence-corrected chi connectivity index (χ3v) is 3.67. The van der Waals surface area contributed by atoms with Crippen LogP contribution in [0.2, 0.25) is 0 Å². The first-order chi connectivity index (χ1) is 7.33. The van der Waals surface area contributed by atoms with Crippen LogP contribution in [0.15, 0.2) is 53.5 Å². The molecule has 80 valence electrons. The molecule has 1 nitrogen and oxygen atoms in total. The fourth-order valence-electron chi connectivity index (χ4n) is 1.12. The Kier molecular flexibility index (Phi) is 6.10.